The van der Waals surface area contributed by atoms with Gasteiger partial charge < -0.3 is 10.4 Å². The van der Waals surface area contributed by atoms with Gasteiger partial charge in [-0.1, -0.05) is 24.3 Å². The van der Waals surface area contributed by atoms with Crippen molar-refractivity contribution in [3.05, 3.63) is 47.6 Å². The highest BCUT2D eigenvalue weighted by Gasteiger charge is 2.29. The predicted octanol–water partition coefficient (Wildman–Crippen LogP) is 4.34. The molecule has 0 aliphatic heterocycles. The Kier molecular flexibility index (Phi) is 5.35. The van der Waals surface area contributed by atoms with Crippen LogP contribution in [0.5, 0.6) is 0 Å². The fourth-order valence-electron chi connectivity index (χ4n) is 2.53. The summed E-state index contributed by atoms with van der Waals surface area (Å²) in [6.07, 6.45) is 5.85. The smallest absolute Gasteiger partial charge is 0.150 e. The number of aliphatic hydroxyl groups is 1. The van der Waals surface area contributed by atoms with Crippen molar-refractivity contribution in [1.29, 1.82) is 5.26 Å². The van der Waals surface area contributed by atoms with Crippen LogP contribution in [0.1, 0.15) is 25.8 Å². The molecule has 0 aromatic heterocycles. The van der Waals surface area contributed by atoms with Crippen molar-refractivity contribution in [2.75, 3.05) is 10.2 Å². The lowest BCUT2D eigenvalue weighted by Gasteiger charge is -2.28. The number of allylic oxidation sites excluding steroid dienone is 2. The van der Waals surface area contributed by atoms with Crippen LogP contribution >= 0.6 is 11.8 Å². The molecule has 2 rings (SSSR count). The minimum Gasteiger partial charge on any atom is -0.369 e. The number of nitriles is 1. The highest BCUT2D eigenvalue weighted by atomic mass is 35.5. The van der Waals surface area contributed by atoms with Crippen molar-refractivity contribution in [2.24, 2.45) is 11.3 Å². The molecule has 1 aromatic rings. The van der Waals surface area contributed by atoms with Gasteiger partial charge in [-0.3, -0.25) is 4.84 Å². The van der Waals surface area contributed by atoms with E-state index in [9.17, 15) is 10.4 Å². The molecule has 4 nitrogen and oxygen atoms in total. The standard InChI is InChI=1S/C18H22ClN3O/c1-12-7-8-15(10-16(12)22-19)21-17(23)13-5-4-6-14(9-13)18(2,3)11-20/h4-5,7-10,14,17,21-23H,6H2,1-3H3. The lowest BCUT2D eigenvalue weighted by molar-refractivity contribution is 0.239. The van der Waals surface area contributed by atoms with Gasteiger partial charge in [0.1, 0.15) is 0 Å². The Bertz CT molecular complexity index is 673. The summed E-state index contributed by atoms with van der Waals surface area (Å²) in [5, 5.41) is 22.8. The second kappa shape index (κ2) is 7.08. The zero-order valence-electron chi connectivity index (χ0n) is 13.6. The third-order valence-corrected chi connectivity index (χ3v) is 4.47. The zero-order valence-corrected chi connectivity index (χ0v) is 14.4. The number of hydrogen-bond acceptors (Lipinski definition) is 4. The van der Waals surface area contributed by atoms with Crippen LogP contribution in [0.4, 0.5) is 11.4 Å². The number of halogens is 1. The molecule has 1 aliphatic rings. The Morgan fingerprint density at radius 1 is 1.43 bits per heavy atom. The van der Waals surface area contributed by atoms with Crippen molar-refractivity contribution < 1.29 is 5.11 Å². The number of benzene rings is 1. The van der Waals surface area contributed by atoms with Crippen LogP contribution in [0.15, 0.2) is 42.0 Å². The molecule has 23 heavy (non-hydrogen) atoms. The lowest BCUT2D eigenvalue weighted by atomic mass is 9.75. The van der Waals surface area contributed by atoms with Crippen LogP contribution in [0.25, 0.3) is 0 Å². The molecule has 0 radical (unpaired) electrons. The Labute approximate surface area is 142 Å². The molecular weight excluding hydrogens is 310 g/mol. The second-order valence-corrected chi connectivity index (χ2v) is 6.60. The van der Waals surface area contributed by atoms with Crippen LogP contribution in [-0.2, 0) is 0 Å². The Morgan fingerprint density at radius 2 is 2.17 bits per heavy atom. The van der Waals surface area contributed by atoms with Crippen LogP contribution in [0, 0.1) is 29.6 Å². The third kappa shape index (κ3) is 4.07. The molecule has 0 bridgehead atoms. The van der Waals surface area contributed by atoms with Gasteiger partial charge in [-0.15, -0.1) is 0 Å². The van der Waals surface area contributed by atoms with E-state index in [0.29, 0.717) is 0 Å². The first-order valence-electron chi connectivity index (χ1n) is 7.59. The van der Waals surface area contributed by atoms with E-state index in [1.807, 2.05) is 57.2 Å². The number of aliphatic hydroxyl groups excluding tert-OH is 1. The summed E-state index contributed by atoms with van der Waals surface area (Å²) in [4.78, 5) is 2.61. The summed E-state index contributed by atoms with van der Waals surface area (Å²) in [7, 11) is 0. The van der Waals surface area contributed by atoms with Gasteiger partial charge in [-0.2, -0.15) is 5.26 Å². The van der Waals surface area contributed by atoms with Gasteiger partial charge in [0.15, 0.2) is 6.23 Å². The van der Waals surface area contributed by atoms with Gasteiger partial charge in [0.25, 0.3) is 0 Å². The van der Waals surface area contributed by atoms with E-state index < -0.39 is 11.6 Å². The summed E-state index contributed by atoms with van der Waals surface area (Å²) in [5.74, 6) is 0.0852. The Balaban J connectivity index is 2.15. The quantitative estimate of drug-likeness (QED) is 0.554. The minimum absolute atomic E-state index is 0.0852. The maximum absolute atomic E-state index is 10.4. The minimum atomic E-state index is -0.838. The highest BCUT2D eigenvalue weighted by Crippen LogP contribution is 2.34. The number of rotatable bonds is 5. The van der Waals surface area contributed by atoms with Crippen LogP contribution in [0.2, 0.25) is 0 Å². The second-order valence-electron chi connectivity index (χ2n) is 6.42. The van der Waals surface area contributed by atoms with Gasteiger partial charge in [0, 0.05) is 17.5 Å². The van der Waals surface area contributed by atoms with E-state index in [-0.39, 0.29) is 5.92 Å². The van der Waals surface area contributed by atoms with E-state index in [4.69, 9.17) is 11.8 Å². The molecule has 3 N–H and O–H groups in total. The first-order valence-corrected chi connectivity index (χ1v) is 7.96. The molecule has 2 atom stereocenters. The summed E-state index contributed by atoms with van der Waals surface area (Å²) in [5.41, 5.74) is 2.89. The van der Waals surface area contributed by atoms with E-state index >= 15 is 0 Å². The molecule has 2 unspecified atom stereocenters. The number of aryl methyl sites for hydroxylation is 1. The molecular formula is C18H22ClN3O. The van der Waals surface area contributed by atoms with E-state index in [1.165, 1.54) is 0 Å². The fourth-order valence-corrected chi connectivity index (χ4v) is 2.73. The van der Waals surface area contributed by atoms with Crippen molar-refractivity contribution in [2.45, 2.75) is 33.4 Å². The molecule has 1 aliphatic carbocycles. The predicted molar refractivity (Wildman–Crippen MR) is 95.0 cm³/mol. The summed E-state index contributed by atoms with van der Waals surface area (Å²) in [6, 6.07) is 7.99. The zero-order chi connectivity index (χ0) is 17.0. The number of anilines is 2. The van der Waals surface area contributed by atoms with E-state index in [0.717, 1.165) is 28.9 Å². The molecule has 0 heterocycles. The SMILES string of the molecule is Cc1ccc(NC(O)C2=CC(C(C)(C)C#N)CC=C2)cc1NCl. The van der Waals surface area contributed by atoms with Crippen molar-refractivity contribution in [3.8, 4) is 6.07 Å². The first-order chi connectivity index (χ1) is 10.9. The van der Waals surface area contributed by atoms with Crippen molar-refractivity contribution >= 4 is 23.2 Å². The molecule has 0 saturated carbocycles. The van der Waals surface area contributed by atoms with Gasteiger partial charge >= 0.3 is 0 Å². The average Bonchev–Trinajstić information content (AvgIpc) is 2.56. The number of nitrogens with one attached hydrogen (secondary N) is 2. The van der Waals surface area contributed by atoms with Gasteiger partial charge in [-0.25, -0.2) is 0 Å². The van der Waals surface area contributed by atoms with Crippen molar-refractivity contribution in [3.63, 3.8) is 0 Å². The maximum Gasteiger partial charge on any atom is 0.150 e. The van der Waals surface area contributed by atoms with Gasteiger partial charge in [0.2, 0.25) is 0 Å². The Morgan fingerprint density at radius 3 is 2.83 bits per heavy atom. The Hall–Kier alpha value is -1.96. The van der Waals surface area contributed by atoms with Gasteiger partial charge in [-0.05, 0) is 56.4 Å². The fraction of sp³-hybridized carbons (Fsp3) is 0.389. The van der Waals surface area contributed by atoms with Crippen LogP contribution in [0.3, 0.4) is 0 Å². The molecule has 1 aromatic carbocycles. The normalized spacial score (nSPS) is 18.8. The monoisotopic (exact) mass is 331 g/mol. The first kappa shape index (κ1) is 17.4. The molecule has 0 spiro atoms. The number of hydrogen-bond donors (Lipinski definition) is 3. The maximum atomic E-state index is 10.4. The average molecular weight is 332 g/mol. The largest absolute Gasteiger partial charge is 0.369 e. The molecule has 0 saturated heterocycles. The van der Waals surface area contributed by atoms with Crippen molar-refractivity contribution in [1.82, 2.24) is 0 Å². The third-order valence-electron chi connectivity index (χ3n) is 4.27. The molecule has 122 valence electrons. The van der Waals surface area contributed by atoms with Crippen LogP contribution in [-0.4, -0.2) is 11.3 Å². The van der Waals surface area contributed by atoms with E-state index in [2.05, 4.69) is 16.2 Å². The summed E-state index contributed by atoms with van der Waals surface area (Å²) < 4.78 is 0. The highest BCUT2D eigenvalue weighted by molar-refractivity contribution is 6.24. The van der Waals surface area contributed by atoms with Crippen LogP contribution < -0.4 is 10.2 Å². The van der Waals surface area contributed by atoms with E-state index in [1.54, 1.807) is 0 Å². The molecule has 5 heteroatoms. The number of nitrogens with zero attached hydrogens (tertiary/aromatic N) is 1. The summed E-state index contributed by atoms with van der Waals surface area (Å²) in [6.45, 7) is 5.79. The lowest BCUT2D eigenvalue weighted by Crippen LogP contribution is -2.26. The summed E-state index contributed by atoms with van der Waals surface area (Å²) >= 11 is 5.68. The van der Waals surface area contributed by atoms with Gasteiger partial charge in [0.05, 0.1) is 17.2 Å². The topological polar surface area (TPSA) is 68.1 Å². The molecule has 0 fully saturated rings. The molecule has 0 amide bonds.